The molecule has 1 aliphatic heterocycles. The topological polar surface area (TPSA) is 15.6 Å². The Balaban J connectivity index is 1.76. The van der Waals surface area contributed by atoms with Gasteiger partial charge in [-0.15, -0.1) is 0 Å². The highest BCUT2D eigenvalue weighted by Gasteiger charge is 2.39. The normalized spacial score (nSPS) is 24.0. The fraction of sp³-hybridized carbons (Fsp3) is 0.350. The van der Waals surface area contributed by atoms with Gasteiger partial charge < -0.3 is 0 Å². The van der Waals surface area contributed by atoms with E-state index < -0.39 is 0 Å². The van der Waals surface area contributed by atoms with Gasteiger partial charge in [-0.1, -0.05) is 54.4 Å². The molecule has 0 aromatic heterocycles. The van der Waals surface area contributed by atoms with Crippen molar-refractivity contribution in [2.24, 2.45) is 11.0 Å². The first-order valence-corrected chi connectivity index (χ1v) is 8.31. The van der Waals surface area contributed by atoms with Crippen LogP contribution < -0.4 is 5.01 Å². The molecule has 4 rings (SSSR count). The molecule has 0 amide bonds. The van der Waals surface area contributed by atoms with Crippen LogP contribution in [0.3, 0.4) is 0 Å². The lowest BCUT2D eigenvalue weighted by Gasteiger charge is -2.30. The van der Waals surface area contributed by atoms with Gasteiger partial charge in [-0.25, -0.2) is 0 Å². The summed E-state index contributed by atoms with van der Waals surface area (Å²) >= 11 is 0. The van der Waals surface area contributed by atoms with Gasteiger partial charge in [-0.2, -0.15) is 5.10 Å². The minimum atomic E-state index is 0.360. The molecular weight excluding hydrogens is 268 g/mol. The Morgan fingerprint density at radius 1 is 0.955 bits per heavy atom. The van der Waals surface area contributed by atoms with Gasteiger partial charge in [0.2, 0.25) is 0 Å². The summed E-state index contributed by atoms with van der Waals surface area (Å²) in [7, 11) is 0. The Bertz CT molecular complexity index is 673. The van der Waals surface area contributed by atoms with Gasteiger partial charge in [-0.3, -0.25) is 5.01 Å². The van der Waals surface area contributed by atoms with Gasteiger partial charge in [0.25, 0.3) is 0 Å². The van der Waals surface area contributed by atoms with Gasteiger partial charge in [0.05, 0.1) is 11.7 Å². The van der Waals surface area contributed by atoms with E-state index in [-0.39, 0.29) is 0 Å². The zero-order valence-electron chi connectivity index (χ0n) is 13.1. The Morgan fingerprint density at radius 2 is 1.73 bits per heavy atom. The van der Waals surface area contributed by atoms with Crippen molar-refractivity contribution in [1.29, 1.82) is 0 Å². The number of anilines is 1. The number of hydrogen-bond donors (Lipinski definition) is 0. The number of fused-ring (bicyclic) bond motifs is 1. The first-order valence-electron chi connectivity index (χ1n) is 8.31. The highest BCUT2D eigenvalue weighted by Crippen LogP contribution is 2.44. The average molecular weight is 290 g/mol. The van der Waals surface area contributed by atoms with Crippen molar-refractivity contribution in [3.8, 4) is 0 Å². The summed E-state index contributed by atoms with van der Waals surface area (Å²) in [5.41, 5.74) is 5.29. The summed E-state index contributed by atoms with van der Waals surface area (Å²) in [5.74, 6) is 0.581. The quantitative estimate of drug-likeness (QED) is 0.751. The van der Waals surface area contributed by atoms with Gasteiger partial charge in [0.15, 0.2) is 0 Å². The maximum Gasteiger partial charge on any atom is 0.0856 e. The van der Waals surface area contributed by atoms with Crippen molar-refractivity contribution in [3.63, 3.8) is 0 Å². The van der Waals surface area contributed by atoms with E-state index >= 15 is 0 Å². The third kappa shape index (κ3) is 2.33. The third-order valence-electron chi connectivity index (χ3n) is 4.95. The lowest BCUT2D eigenvalue weighted by Crippen LogP contribution is -2.27. The second kappa shape index (κ2) is 5.60. The smallest absolute Gasteiger partial charge is 0.0856 e. The van der Waals surface area contributed by atoms with E-state index in [0.29, 0.717) is 12.0 Å². The molecule has 2 heteroatoms. The SMILES string of the molecule is Cc1ccc(N2N=C3CCCC[C@H]3[C@@H]2c2ccccc2)cc1. The number of rotatable bonds is 2. The lowest BCUT2D eigenvalue weighted by molar-refractivity contribution is 0.467. The summed E-state index contributed by atoms with van der Waals surface area (Å²) in [6.45, 7) is 2.13. The van der Waals surface area contributed by atoms with Crippen molar-refractivity contribution in [2.45, 2.75) is 38.6 Å². The van der Waals surface area contributed by atoms with Crippen LogP contribution in [0.5, 0.6) is 0 Å². The highest BCUT2D eigenvalue weighted by molar-refractivity contribution is 5.91. The summed E-state index contributed by atoms with van der Waals surface area (Å²) in [6, 6.07) is 20.0. The van der Waals surface area contributed by atoms with Gasteiger partial charge in [-0.05, 0) is 43.9 Å². The number of nitrogens with zero attached hydrogens (tertiary/aromatic N) is 2. The molecule has 0 radical (unpaired) electrons. The molecule has 0 bridgehead atoms. The predicted octanol–water partition coefficient (Wildman–Crippen LogP) is 5.10. The molecular formula is C20H22N2. The highest BCUT2D eigenvalue weighted by atomic mass is 15.5. The van der Waals surface area contributed by atoms with Crippen LogP contribution in [-0.4, -0.2) is 5.71 Å². The molecule has 1 heterocycles. The van der Waals surface area contributed by atoms with Crippen LogP contribution in [0, 0.1) is 12.8 Å². The summed E-state index contributed by atoms with van der Waals surface area (Å²) < 4.78 is 0. The van der Waals surface area contributed by atoms with E-state index in [1.54, 1.807) is 0 Å². The average Bonchev–Trinajstić information content (AvgIpc) is 2.96. The molecule has 2 aromatic rings. The molecule has 2 aliphatic rings. The molecule has 1 fully saturated rings. The first-order chi connectivity index (χ1) is 10.8. The van der Waals surface area contributed by atoms with Crippen molar-refractivity contribution in [1.82, 2.24) is 0 Å². The van der Waals surface area contributed by atoms with Crippen molar-refractivity contribution < 1.29 is 0 Å². The Morgan fingerprint density at radius 3 is 2.50 bits per heavy atom. The van der Waals surface area contributed by atoms with E-state index in [1.807, 2.05) is 0 Å². The third-order valence-corrected chi connectivity index (χ3v) is 4.95. The number of hydrazone groups is 1. The van der Waals surface area contributed by atoms with E-state index in [0.717, 1.165) is 6.42 Å². The molecule has 0 unspecified atom stereocenters. The minimum absolute atomic E-state index is 0.360. The zero-order valence-corrected chi connectivity index (χ0v) is 13.1. The van der Waals surface area contributed by atoms with Crippen LogP contribution in [0.1, 0.15) is 42.9 Å². The second-order valence-corrected chi connectivity index (χ2v) is 6.48. The Kier molecular flexibility index (Phi) is 3.45. The van der Waals surface area contributed by atoms with Crippen molar-refractivity contribution >= 4 is 11.4 Å². The molecule has 1 aliphatic carbocycles. The monoisotopic (exact) mass is 290 g/mol. The first kappa shape index (κ1) is 13.6. The van der Waals surface area contributed by atoms with E-state index in [9.17, 15) is 0 Å². The number of aryl methyl sites for hydroxylation is 1. The van der Waals surface area contributed by atoms with Crippen LogP contribution in [0.25, 0.3) is 0 Å². The van der Waals surface area contributed by atoms with Crippen molar-refractivity contribution in [3.05, 3.63) is 65.7 Å². The lowest BCUT2D eigenvalue weighted by atomic mass is 9.80. The maximum absolute atomic E-state index is 5.02. The molecule has 2 aromatic carbocycles. The maximum atomic E-state index is 5.02. The summed E-state index contributed by atoms with van der Waals surface area (Å²) in [6.07, 6.45) is 5.05. The van der Waals surface area contributed by atoms with Gasteiger partial charge in [0, 0.05) is 11.6 Å². The van der Waals surface area contributed by atoms with Crippen LogP contribution in [0.2, 0.25) is 0 Å². The largest absolute Gasteiger partial charge is 0.257 e. The Labute approximate surface area is 132 Å². The molecule has 0 N–H and O–H groups in total. The molecule has 0 saturated heterocycles. The molecule has 0 spiro atoms. The van der Waals surface area contributed by atoms with E-state index in [1.165, 1.54) is 41.8 Å². The fourth-order valence-electron chi connectivity index (χ4n) is 3.80. The molecule has 2 nitrogen and oxygen atoms in total. The van der Waals surface area contributed by atoms with Crippen molar-refractivity contribution in [2.75, 3.05) is 5.01 Å². The van der Waals surface area contributed by atoms with Crippen LogP contribution in [-0.2, 0) is 0 Å². The molecule has 22 heavy (non-hydrogen) atoms. The number of hydrogen-bond acceptors (Lipinski definition) is 2. The second-order valence-electron chi connectivity index (χ2n) is 6.48. The van der Waals surface area contributed by atoms with E-state index in [4.69, 9.17) is 5.10 Å². The van der Waals surface area contributed by atoms with Gasteiger partial charge >= 0.3 is 0 Å². The summed E-state index contributed by atoms with van der Waals surface area (Å²) in [4.78, 5) is 0. The predicted molar refractivity (Wildman–Crippen MR) is 92.2 cm³/mol. The van der Waals surface area contributed by atoms with Gasteiger partial charge in [0.1, 0.15) is 0 Å². The Hall–Kier alpha value is -2.09. The zero-order chi connectivity index (χ0) is 14.9. The van der Waals surface area contributed by atoms with E-state index in [2.05, 4.69) is 66.5 Å². The minimum Gasteiger partial charge on any atom is -0.257 e. The van der Waals surface area contributed by atoms with Crippen LogP contribution in [0.4, 0.5) is 5.69 Å². The molecule has 2 atom stereocenters. The van der Waals surface area contributed by atoms with Crippen LogP contribution in [0.15, 0.2) is 59.7 Å². The molecule has 1 saturated carbocycles. The standard InChI is InChI=1S/C20H22N2/c1-15-11-13-17(14-12-15)22-20(16-7-3-2-4-8-16)18-9-5-6-10-19(18)21-22/h2-4,7-8,11-14,18,20H,5-6,9-10H2,1H3/t18-,20+/m1/s1. The fourth-order valence-corrected chi connectivity index (χ4v) is 3.80. The summed E-state index contributed by atoms with van der Waals surface area (Å²) in [5, 5.41) is 7.28. The van der Waals surface area contributed by atoms with Crippen LogP contribution >= 0.6 is 0 Å². The molecule has 112 valence electrons. The number of benzene rings is 2.